The molecule has 3 nitrogen and oxygen atoms in total. The molecule has 0 heterocycles. The number of carboxylic acid groups (broad SMARTS) is 1. The van der Waals surface area contributed by atoms with E-state index in [-0.39, 0.29) is 5.54 Å². The Labute approximate surface area is 105 Å². The first kappa shape index (κ1) is 14.5. The lowest BCUT2D eigenvalue weighted by Crippen LogP contribution is -2.54. The van der Waals surface area contributed by atoms with Crippen LogP contribution in [0.4, 0.5) is 0 Å². The van der Waals surface area contributed by atoms with Crippen LogP contribution >= 0.6 is 0 Å². The molecule has 1 aliphatic carbocycles. The summed E-state index contributed by atoms with van der Waals surface area (Å²) >= 11 is 0. The van der Waals surface area contributed by atoms with Crippen molar-refractivity contribution in [2.24, 2.45) is 5.92 Å². The summed E-state index contributed by atoms with van der Waals surface area (Å²) in [6, 6.07) is 0.437. The largest absolute Gasteiger partial charge is 0.481 e. The predicted molar refractivity (Wildman–Crippen MR) is 70.1 cm³/mol. The van der Waals surface area contributed by atoms with Crippen molar-refractivity contribution in [1.82, 2.24) is 4.90 Å². The zero-order valence-electron chi connectivity index (χ0n) is 11.7. The first-order valence-electron chi connectivity index (χ1n) is 6.84. The van der Waals surface area contributed by atoms with Gasteiger partial charge in [0.2, 0.25) is 0 Å². The molecule has 1 rings (SSSR count). The topological polar surface area (TPSA) is 40.5 Å². The molecule has 0 radical (unpaired) electrons. The van der Waals surface area contributed by atoms with Crippen LogP contribution in [-0.4, -0.2) is 34.6 Å². The minimum atomic E-state index is -0.658. The second-order valence-corrected chi connectivity index (χ2v) is 5.95. The van der Waals surface area contributed by atoms with Crippen molar-refractivity contribution in [3.05, 3.63) is 0 Å². The zero-order chi connectivity index (χ0) is 13.1. The smallest absolute Gasteiger partial charge is 0.305 e. The molecule has 0 saturated heterocycles. The third-order valence-electron chi connectivity index (χ3n) is 4.59. The number of hydrogen-bond donors (Lipinski definition) is 1. The maximum absolute atomic E-state index is 11.1. The predicted octanol–water partition coefficient (Wildman–Crippen LogP) is 3.14. The Bertz CT molecular complexity index is 257. The van der Waals surface area contributed by atoms with Crippen LogP contribution < -0.4 is 0 Å². The summed E-state index contributed by atoms with van der Waals surface area (Å²) in [4.78, 5) is 13.5. The molecule has 17 heavy (non-hydrogen) atoms. The summed E-state index contributed by atoms with van der Waals surface area (Å²) in [6.07, 6.45) is 5.95. The van der Waals surface area contributed by atoms with Crippen molar-refractivity contribution in [1.29, 1.82) is 0 Å². The van der Waals surface area contributed by atoms with E-state index >= 15 is 0 Å². The highest BCUT2D eigenvalue weighted by Gasteiger charge is 2.40. The van der Waals surface area contributed by atoms with E-state index in [0.29, 0.717) is 18.4 Å². The highest BCUT2D eigenvalue weighted by molar-refractivity contribution is 5.68. The molecule has 1 aliphatic rings. The van der Waals surface area contributed by atoms with E-state index in [0.717, 1.165) is 12.8 Å². The molecule has 0 spiro atoms. The molecule has 1 fully saturated rings. The van der Waals surface area contributed by atoms with Crippen LogP contribution in [0.3, 0.4) is 0 Å². The lowest BCUT2D eigenvalue weighted by Gasteiger charge is -2.48. The molecular formula is C14H27NO2. The second kappa shape index (κ2) is 5.85. The Morgan fingerprint density at radius 1 is 1.24 bits per heavy atom. The lowest BCUT2D eigenvalue weighted by atomic mass is 9.77. The van der Waals surface area contributed by atoms with E-state index in [4.69, 9.17) is 0 Å². The monoisotopic (exact) mass is 241 g/mol. The third-order valence-corrected chi connectivity index (χ3v) is 4.59. The summed E-state index contributed by atoms with van der Waals surface area (Å²) in [7, 11) is 2.11. The summed E-state index contributed by atoms with van der Waals surface area (Å²) < 4.78 is 0. The molecule has 1 N–H and O–H groups in total. The summed E-state index contributed by atoms with van der Waals surface area (Å²) in [6.45, 7) is 6.62. The molecule has 1 saturated carbocycles. The van der Waals surface area contributed by atoms with Crippen LogP contribution in [0.5, 0.6) is 0 Å². The third kappa shape index (κ3) is 3.44. The highest BCUT2D eigenvalue weighted by atomic mass is 16.4. The van der Waals surface area contributed by atoms with Gasteiger partial charge < -0.3 is 5.11 Å². The molecule has 100 valence electrons. The van der Waals surface area contributed by atoms with Gasteiger partial charge in [0.05, 0.1) is 6.42 Å². The summed E-state index contributed by atoms with van der Waals surface area (Å²) in [5.74, 6) is -0.0951. The molecule has 0 aliphatic heterocycles. The molecule has 0 aromatic carbocycles. The number of hydrogen-bond acceptors (Lipinski definition) is 2. The standard InChI is InChI=1S/C14H27NO2/c1-11(2)12(3)15(4)14(10-13(16)17)8-6-5-7-9-14/h11-12H,5-10H2,1-4H3,(H,16,17). The Hall–Kier alpha value is -0.570. The maximum Gasteiger partial charge on any atom is 0.305 e. The summed E-state index contributed by atoms with van der Waals surface area (Å²) in [5, 5.41) is 9.17. The second-order valence-electron chi connectivity index (χ2n) is 5.95. The minimum Gasteiger partial charge on any atom is -0.481 e. The molecule has 1 unspecified atom stereocenters. The minimum absolute atomic E-state index is 0.103. The molecular weight excluding hydrogens is 214 g/mol. The number of carboxylic acids is 1. The van der Waals surface area contributed by atoms with Gasteiger partial charge in [0, 0.05) is 11.6 Å². The Kier molecular flexibility index (Phi) is 4.99. The first-order valence-corrected chi connectivity index (χ1v) is 6.84. The Balaban J connectivity index is 2.84. The van der Waals surface area contributed by atoms with Gasteiger partial charge in [0.1, 0.15) is 0 Å². The normalized spacial score (nSPS) is 21.8. The van der Waals surface area contributed by atoms with Crippen molar-refractivity contribution in [3.8, 4) is 0 Å². The SMILES string of the molecule is CC(C)C(C)N(C)C1(CC(=O)O)CCCCC1. The van der Waals surface area contributed by atoms with Gasteiger partial charge in [-0.2, -0.15) is 0 Å². The van der Waals surface area contributed by atoms with Gasteiger partial charge in [-0.25, -0.2) is 0 Å². The first-order chi connectivity index (χ1) is 7.89. The van der Waals surface area contributed by atoms with E-state index in [9.17, 15) is 9.90 Å². The van der Waals surface area contributed by atoms with Gasteiger partial charge >= 0.3 is 5.97 Å². The molecule has 0 amide bonds. The van der Waals surface area contributed by atoms with Crippen molar-refractivity contribution in [2.45, 2.75) is 70.9 Å². The Morgan fingerprint density at radius 3 is 2.18 bits per heavy atom. The number of aliphatic carboxylic acids is 1. The lowest BCUT2D eigenvalue weighted by molar-refractivity contribution is -0.141. The molecule has 0 aromatic heterocycles. The molecule has 0 bridgehead atoms. The van der Waals surface area contributed by atoms with Crippen molar-refractivity contribution in [3.63, 3.8) is 0 Å². The van der Waals surface area contributed by atoms with Crippen LogP contribution in [0, 0.1) is 5.92 Å². The van der Waals surface area contributed by atoms with Crippen molar-refractivity contribution >= 4 is 5.97 Å². The van der Waals surface area contributed by atoms with Gasteiger partial charge in [0.25, 0.3) is 0 Å². The Morgan fingerprint density at radius 2 is 1.76 bits per heavy atom. The average Bonchev–Trinajstić information content (AvgIpc) is 2.27. The number of rotatable bonds is 5. The fraction of sp³-hybridized carbons (Fsp3) is 0.929. The van der Waals surface area contributed by atoms with Gasteiger partial charge in [0.15, 0.2) is 0 Å². The highest BCUT2D eigenvalue weighted by Crippen LogP contribution is 2.37. The van der Waals surface area contributed by atoms with Crippen LogP contribution in [-0.2, 0) is 4.79 Å². The average molecular weight is 241 g/mol. The maximum atomic E-state index is 11.1. The van der Waals surface area contributed by atoms with Gasteiger partial charge in [-0.3, -0.25) is 9.69 Å². The quantitative estimate of drug-likeness (QED) is 0.804. The summed E-state index contributed by atoms with van der Waals surface area (Å²) in [5.41, 5.74) is -0.103. The van der Waals surface area contributed by atoms with E-state index in [1.165, 1.54) is 19.3 Å². The number of nitrogens with zero attached hydrogens (tertiary/aromatic N) is 1. The van der Waals surface area contributed by atoms with Gasteiger partial charge in [-0.1, -0.05) is 33.1 Å². The van der Waals surface area contributed by atoms with Crippen LogP contribution in [0.2, 0.25) is 0 Å². The van der Waals surface area contributed by atoms with Crippen molar-refractivity contribution < 1.29 is 9.90 Å². The van der Waals surface area contributed by atoms with Crippen LogP contribution in [0.15, 0.2) is 0 Å². The van der Waals surface area contributed by atoms with E-state index in [2.05, 4.69) is 32.7 Å². The van der Waals surface area contributed by atoms with Gasteiger partial charge in [-0.05, 0) is 32.7 Å². The molecule has 1 atom stereocenters. The van der Waals surface area contributed by atoms with E-state index in [1.54, 1.807) is 0 Å². The molecule has 0 aromatic rings. The van der Waals surface area contributed by atoms with Crippen LogP contribution in [0.25, 0.3) is 0 Å². The van der Waals surface area contributed by atoms with Crippen LogP contribution in [0.1, 0.15) is 59.3 Å². The van der Waals surface area contributed by atoms with E-state index in [1.807, 2.05) is 0 Å². The number of carbonyl (C=O) groups is 1. The fourth-order valence-corrected chi connectivity index (χ4v) is 3.02. The zero-order valence-corrected chi connectivity index (χ0v) is 11.7. The van der Waals surface area contributed by atoms with Crippen molar-refractivity contribution in [2.75, 3.05) is 7.05 Å². The van der Waals surface area contributed by atoms with E-state index < -0.39 is 5.97 Å². The van der Waals surface area contributed by atoms with Gasteiger partial charge in [-0.15, -0.1) is 0 Å². The molecule has 3 heteroatoms. The fourth-order valence-electron chi connectivity index (χ4n) is 3.02.